The number of aromatic nitrogens is 2. The van der Waals surface area contributed by atoms with Crippen molar-refractivity contribution in [3.8, 4) is 22.9 Å². The molecule has 0 bridgehead atoms. The van der Waals surface area contributed by atoms with Gasteiger partial charge < -0.3 is 19.8 Å². The Morgan fingerprint density at radius 2 is 1.74 bits per heavy atom. The van der Waals surface area contributed by atoms with Gasteiger partial charge in [-0.25, -0.2) is 9.78 Å². The lowest BCUT2D eigenvalue weighted by Gasteiger charge is -2.07. The maximum absolute atomic E-state index is 12.1. The van der Waals surface area contributed by atoms with Crippen LogP contribution < -0.4 is 14.8 Å². The van der Waals surface area contributed by atoms with E-state index in [1.54, 1.807) is 43.5 Å². The number of imidazole rings is 1. The highest BCUT2D eigenvalue weighted by Crippen LogP contribution is 2.34. The zero-order valence-electron chi connectivity index (χ0n) is 16.6. The summed E-state index contributed by atoms with van der Waals surface area (Å²) in [5, 5.41) is 3.75. The molecule has 0 aliphatic heterocycles. The number of hydrogen-bond acceptors (Lipinski definition) is 4. The van der Waals surface area contributed by atoms with E-state index < -0.39 is 6.09 Å². The van der Waals surface area contributed by atoms with Crippen LogP contribution in [0.4, 0.5) is 4.79 Å². The van der Waals surface area contributed by atoms with Gasteiger partial charge in [0, 0.05) is 12.6 Å². The number of nitrogens with zero attached hydrogens (tertiary/aromatic N) is 1. The summed E-state index contributed by atoms with van der Waals surface area (Å²) in [7, 11) is 1.62. The fourth-order valence-corrected chi connectivity index (χ4v) is 3.72. The van der Waals surface area contributed by atoms with E-state index in [4.69, 9.17) is 32.7 Å². The fourth-order valence-electron chi connectivity index (χ4n) is 3.14. The number of rotatable bonds is 6. The first-order valence-corrected chi connectivity index (χ1v) is 10.3. The van der Waals surface area contributed by atoms with E-state index >= 15 is 0 Å². The van der Waals surface area contributed by atoms with E-state index in [2.05, 4.69) is 15.3 Å². The Kier molecular flexibility index (Phi) is 6.30. The quantitative estimate of drug-likeness (QED) is 0.380. The minimum absolute atomic E-state index is 0.398. The van der Waals surface area contributed by atoms with Crippen molar-refractivity contribution in [2.45, 2.75) is 6.42 Å². The predicted molar refractivity (Wildman–Crippen MR) is 122 cm³/mol. The topological polar surface area (TPSA) is 76.2 Å². The summed E-state index contributed by atoms with van der Waals surface area (Å²) >= 11 is 12.5. The van der Waals surface area contributed by atoms with Crippen molar-refractivity contribution in [1.29, 1.82) is 0 Å². The van der Waals surface area contributed by atoms with Crippen LogP contribution >= 0.6 is 23.2 Å². The number of ether oxygens (including phenoxy) is 2. The molecule has 0 fully saturated rings. The zero-order valence-corrected chi connectivity index (χ0v) is 18.1. The number of benzene rings is 3. The molecule has 1 aromatic heterocycles. The minimum atomic E-state index is -0.526. The number of carbonyl (C=O) groups is 1. The largest absolute Gasteiger partial charge is 0.497 e. The van der Waals surface area contributed by atoms with Crippen molar-refractivity contribution in [1.82, 2.24) is 15.3 Å². The van der Waals surface area contributed by atoms with E-state index in [0.29, 0.717) is 51.2 Å². The van der Waals surface area contributed by atoms with Gasteiger partial charge in [0.15, 0.2) is 0 Å². The molecule has 31 heavy (non-hydrogen) atoms. The third-order valence-electron chi connectivity index (χ3n) is 4.71. The minimum Gasteiger partial charge on any atom is -0.497 e. The van der Waals surface area contributed by atoms with Crippen LogP contribution in [0.1, 0.15) is 5.56 Å². The van der Waals surface area contributed by atoms with Crippen molar-refractivity contribution in [2.75, 3.05) is 13.7 Å². The predicted octanol–water partition coefficient (Wildman–Crippen LogP) is 5.88. The summed E-state index contributed by atoms with van der Waals surface area (Å²) < 4.78 is 10.5. The van der Waals surface area contributed by atoms with E-state index in [1.807, 2.05) is 24.3 Å². The van der Waals surface area contributed by atoms with Gasteiger partial charge in [-0.05, 0) is 48.4 Å². The maximum atomic E-state index is 12.1. The molecule has 0 aliphatic rings. The normalized spacial score (nSPS) is 10.8. The summed E-state index contributed by atoms with van der Waals surface area (Å²) in [6, 6.07) is 18.1. The third kappa shape index (κ3) is 4.93. The van der Waals surface area contributed by atoms with Crippen LogP contribution in [-0.2, 0) is 6.42 Å². The summed E-state index contributed by atoms with van der Waals surface area (Å²) in [4.78, 5) is 19.9. The Balaban J connectivity index is 1.39. The number of aromatic amines is 1. The maximum Gasteiger partial charge on any atom is 0.412 e. The van der Waals surface area contributed by atoms with Gasteiger partial charge in [0.1, 0.15) is 17.3 Å². The lowest BCUT2D eigenvalue weighted by Crippen LogP contribution is -2.28. The Morgan fingerprint density at radius 3 is 2.45 bits per heavy atom. The monoisotopic (exact) mass is 455 g/mol. The summed E-state index contributed by atoms with van der Waals surface area (Å²) in [5.41, 5.74) is 3.12. The average Bonchev–Trinajstić information content (AvgIpc) is 3.17. The first kappa shape index (κ1) is 21.0. The average molecular weight is 456 g/mol. The molecule has 0 saturated carbocycles. The Bertz CT molecular complexity index is 1200. The van der Waals surface area contributed by atoms with E-state index in [1.165, 1.54) is 0 Å². The molecule has 0 spiro atoms. The third-order valence-corrected chi connectivity index (χ3v) is 5.34. The molecule has 158 valence electrons. The molecule has 0 unspecified atom stereocenters. The highest BCUT2D eigenvalue weighted by Gasteiger charge is 2.14. The van der Waals surface area contributed by atoms with Crippen LogP contribution in [0.15, 0.2) is 60.7 Å². The molecular weight excluding hydrogens is 437 g/mol. The Labute approximate surface area is 189 Å². The zero-order chi connectivity index (χ0) is 21.8. The van der Waals surface area contributed by atoms with E-state index in [9.17, 15) is 4.79 Å². The molecule has 4 rings (SSSR count). The molecule has 4 aromatic rings. The molecule has 2 N–H and O–H groups in total. The summed E-state index contributed by atoms with van der Waals surface area (Å²) in [5.74, 6) is 1.74. The molecule has 0 saturated heterocycles. The summed E-state index contributed by atoms with van der Waals surface area (Å²) in [6.07, 6.45) is 0.155. The van der Waals surface area contributed by atoms with Gasteiger partial charge in [-0.2, -0.15) is 0 Å². The van der Waals surface area contributed by atoms with Crippen molar-refractivity contribution >= 4 is 40.3 Å². The van der Waals surface area contributed by atoms with E-state index in [0.717, 1.165) is 11.3 Å². The molecule has 0 atom stereocenters. The number of hydrogen-bond donors (Lipinski definition) is 2. The summed E-state index contributed by atoms with van der Waals surface area (Å²) in [6.45, 7) is 0.451. The SMILES string of the molecule is COc1ccc(CCNC(=O)Oc2ccc3nc(-c4c(Cl)cccc4Cl)[nH]c3c2)cc1. The van der Waals surface area contributed by atoms with Crippen molar-refractivity contribution in [3.05, 3.63) is 76.3 Å². The number of halogens is 2. The smallest absolute Gasteiger partial charge is 0.412 e. The van der Waals surface area contributed by atoms with Crippen LogP contribution in [0.25, 0.3) is 22.4 Å². The number of carbonyl (C=O) groups excluding carboxylic acids is 1. The second-order valence-corrected chi connectivity index (χ2v) is 7.59. The highest BCUT2D eigenvalue weighted by atomic mass is 35.5. The molecule has 0 aliphatic carbocycles. The van der Waals surface area contributed by atoms with Crippen LogP contribution in [0, 0.1) is 0 Å². The molecule has 3 aromatic carbocycles. The molecule has 6 nitrogen and oxygen atoms in total. The van der Waals surface area contributed by atoms with Gasteiger partial charge in [-0.1, -0.05) is 41.4 Å². The number of fused-ring (bicyclic) bond motifs is 1. The van der Waals surface area contributed by atoms with Crippen molar-refractivity contribution in [2.24, 2.45) is 0 Å². The lowest BCUT2D eigenvalue weighted by atomic mass is 10.1. The van der Waals surface area contributed by atoms with Crippen LogP contribution in [0.2, 0.25) is 10.0 Å². The van der Waals surface area contributed by atoms with Gasteiger partial charge in [0.25, 0.3) is 0 Å². The molecule has 1 heterocycles. The first-order chi connectivity index (χ1) is 15.0. The van der Waals surface area contributed by atoms with Crippen molar-refractivity contribution < 1.29 is 14.3 Å². The van der Waals surface area contributed by atoms with Crippen LogP contribution in [-0.4, -0.2) is 29.7 Å². The van der Waals surface area contributed by atoms with Gasteiger partial charge in [-0.15, -0.1) is 0 Å². The second kappa shape index (κ2) is 9.29. The van der Waals surface area contributed by atoms with Crippen molar-refractivity contribution in [3.63, 3.8) is 0 Å². The van der Waals surface area contributed by atoms with Gasteiger partial charge in [0.2, 0.25) is 0 Å². The molecule has 1 amide bonds. The number of nitrogens with one attached hydrogen (secondary N) is 2. The molecule has 8 heteroatoms. The number of H-pyrrole nitrogens is 1. The van der Waals surface area contributed by atoms with Gasteiger partial charge in [0.05, 0.1) is 33.8 Å². The van der Waals surface area contributed by atoms with E-state index in [-0.39, 0.29) is 0 Å². The van der Waals surface area contributed by atoms with Crippen LogP contribution in [0.3, 0.4) is 0 Å². The highest BCUT2D eigenvalue weighted by molar-refractivity contribution is 6.39. The second-order valence-electron chi connectivity index (χ2n) is 6.78. The number of methoxy groups -OCH3 is 1. The Morgan fingerprint density at radius 1 is 1.03 bits per heavy atom. The van der Waals surface area contributed by atoms with Gasteiger partial charge >= 0.3 is 6.09 Å². The van der Waals surface area contributed by atoms with Crippen LogP contribution in [0.5, 0.6) is 11.5 Å². The number of amides is 1. The fraction of sp³-hybridized carbons (Fsp3) is 0.130. The first-order valence-electron chi connectivity index (χ1n) is 9.56. The molecular formula is C23H19Cl2N3O3. The van der Waals surface area contributed by atoms with Gasteiger partial charge in [-0.3, -0.25) is 0 Å². The Hall–Kier alpha value is -3.22. The standard InChI is InChI=1S/C23H19Cl2N3O3/c1-30-15-7-5-14(6-8-15)11-12-26-23(29)31-16-9-10-19-20(13-16)28-22(27-19)21-17(24)3-2-4-18(21)25/h2-10,13H,11-12H2,1H3,(H,26,29)(H,27,28). The lowest BCUT2D eigenvalue weighted by molar-refractivity contribution is 0.200. The molecule has 0 radical (unpaired) electrons.